The molecule has 0 aromatic heterocycles. The van der Waals surface area contributed by atoms with Crippen LogP contribution in [0.25, 0.3) is 0 Å². The molecule has 0 unspecified atom stereocenters. The molecule has 0 spiro atoms. The molecule has 2 aromatic rings. The summed E-state index contributed by atoms with van der Waals surface area (Å²) in [6.07, 6.45) is 0.357. The van der Waals surface area contributed by atoms with Crippen LogP contribution in [-0.4, -0.2) is 5.91 Å². The summed E-state index contributed by atoms with van der Waals surface area (Å²) in [4.78, 5) is 12.2. The van der Waals surface area contributed by atoms with E-state index in [0.29, 0.717) is 17.1 Å². The molecule has 0 saturated carbocycles. The van der Waals surface area contributed by atoms with E-state index in [1.807, 2.05) is 57.2 Å². The number of anilines is 1. The SMILES string of the molecule is Cc1cc(C)c(NC(=O)Cc2ccccc2C)c(Cl)c1. The zero-order chi connectivity index (χ0) is 14.7. The summed E-state index contributed by atoms with van der Waals surface area (Å²) in [6.45, 7) is 5.94. The Morgan fingerprint density at radius 3 is 2.45 bits per heavy atom. The summed E-state index contributed by atoms with van der Waals surface area (Å²) in [5.74, 6) is -0.0480. The molecular formula is C17H18ClNO. The van der Waals surface area contributed by atoms with Crippen LogP contribution in [0.3, 0.4) is 0 Å². The van der Waals surface area contributed by atoms with Gasteiger partial charge in [0.05, 0.1) is 17.1 Å². The van der Waals surface area contributed by atoms with Gasteiger partial charge in [0.1, 0.15) is 0 Å². The molecule has 0 atom stereocenters. The minimum atomic E-state index is -0.0480. The van der Waals surface area contributed by atoms with Crippen LogP contribution >= 0.6 is 11.6 Å². The van der Waals surface area contributed by atoms with E-state index >= 15 is 0 Å². The van der Waals surface area contributed by atoms with Crippen molar-refractivity contribution in [1.29, 1.82) is 0 Å². The monoisotopic (exact) mass is 287 g/mol. The van der Waals surface area contributed by atoms with Crippen molar-refractivity contribution in [2.75, 3.05) is 5.32 Å². The zero-order valence-corrected chi connectivity index (χ0v) is 12.7. The molecule has 20 heavy (non-hydrogen) atoms. The van der Waals surface area contributed by atoms with Crippen LogP contribution in [0, 0.1) is 20.8 Å². The van der Waals surface area contributed by atoms with Gasteiger partial charge in [-0.15, -0.1) is 0 Å². The second kappa shape index (κ2) is 6.10. The number of benzene rings is 2. The Bertz CT molecular complexity index is 626. The molecule has 0 aliphatic carbocycles. The lowest BCUT2D eigenvalue weighted by Crippen LogP contribution is -2.16. The Morgan fingerprint density at radius 2 is 1.80 bits per heavy atom. The smallest absolute Gasteiger partial charge is 0.228 e. The Labute approximate surface area is 124 Å². The molecule has 1 amide bonds. The lowest BCUT2D eigenvalue weighted by atomic mass is 10.1. The van der Waals surface area contributed by atoms with Gasteiger partial charge in [0, 0.05) is 0 Å². The normalized spacial score (nSPS) is 10.4. The van der Waals surface area contributed by atoms with E-state index in [1.165, 1.54) is 0 Å². The first-order chi connectivity index (χ1) is 9.47. The number of amides is 1. The minimum absolute atomic E-state index is 0.0480. The van der Waals surface area contributed by atoms with Crippen molar-refractivity contribution < 1.29 is 4.79 Å². The molecule has 0 radical (unpaired) electrons. The molecule has 0 fully saturated rings. The van der Waals surface area contributed by atoms with Crippen LogP contribution in [0.1, 0.15) is 22.3 Å². The van der Waals surface area contributed by atoms with Crippen LogP contribution in [0.5, 0.6) is 0 Å². The Kier molecular flexibility index (Phi) is 4.46. The third-order valence-electron chi connectivity index (χ3n) is 3.31. The van der Waals surface area contributed by atoms with Gasteiger partial charge < -0.3 is 5.32 Å². The molecule has 0 aliphatic rings. The van der Waals surface area contributed by atoms with Crippen molar-refractivity contribution in [2.24, 2.45) is 0 Å². The second-order valence-electron chi connectivity index (χ2n) is 5.09. The Morgan fingerprint density at radius 1 is 1.10 bits per heavy atom. The molecule has 0 aliphatic heterocycles. The number of halogens is 1. The summed E-state index contributed by atoms with van der Waals surface area (Å²) in [6, 6.07) is 11.8. The van der Waals surface area contributed by atoms with E-state index in [9.17, 15) is 4.79 Å². The van der Waals surface area contributed by atoms with Crippen LogP contribution in [0.15, 0.2) is 36.4 Å². The third-order valence-corrected chi connectivity index (χ3v) is 3.61. The maximum absolute atomic E-state index is 12.2. The zero-order valence-electron chi connectivity index (χ0n) is 12.0. The van der Waals surface area contributed by atoms with E-state index in [2.05, 4.69) is 5.32 Å². The molecule has 3 heteroatoms. The topological polar surface area (TPSA) is 29.1 Å². The third kappa shape index (κ3) is 3.40. The number of carbonyl (C=O) groups excluding carboxylic acids is 1. The van der Waals surface area contributed by atoms with Gasteiger partial charge in [-0.05, 0) is 49.1 Å². The lowest BCUT2D eigenvalue weighted by Gasteiger charge is -2.12. The van der Waals surface area contributed by atoms with Gasteiger partial charge in [0.15, 0.2) is 0 Å². The van der Waals surface area contributed by atoms with Crippen LogP contribution < -0.4 is 5.32 Å². The van der Waals surface area contributed by atoms with Crippen LogP contribution in [-0.2, 0) is 11.2 Å². The largest absolute Gasteiger partial charge is 0.324 e. The number of nitrogens with one attached hydrogen (secondary N) is 1. The van der Waals surface area contributed by atoms with Crippen molar-refractivity contribution in [1.82, 2.24) is 0 Å². The predicted octanol–water partition coefficient (Wildman–Crippen LogP) is 4.45. The fraction of sp³-hybridized carbons (Fsp3) is 0.235. The lowest BCUT2D eigenvalue weighted by molar-refractivity contribution is -0.115. The molecule has 2 aromatic carbocycles. The van der Waals surface area contributed by atoms with E-state index in [1.54, 1.807) is 0 Å². The molecule has 0 bridgehead atoms. The first-order valence-corrected chi connectivity index (χ1v) is 6.96. The van der Waals surface area contributed by atoms with Gasteiger partial charge in [0.25, 0.3) is 0 Å². The van der Waals surface area contributed by atoms with Gasteiger partial charge in [-0.25, -0.2) is 0 Å². The predicted molar refractivity (Wildman–Crippen MR) is 84.4 cm³/mol. The average Bonchev–Trinajstić information content (AvgIpc) is 2.36. The summed E-state index contributed by atoms with van der Waals surface area (Å²) in [5, 5.41) is 3.49. The van der Waals surface area contributed by atoms with Crippen LogP contribution in [0.2, 0.25) is 5.02 Å². The number of rotatable bonds is 3. The maximum atomic E-state index is 12.2. The summed E-state index contributed by atoms with van der Waals surface area (Å²) in [7, 11) is 0. The van der Waals surface area contributed by atoms with Gasteiger partial charge in [-0.3, -0.25) is 4.79 Å². The van der Waals surface area contributed by atoms with E-state index < -0.39 is 0 Å². The fourth-order valence-electron chi connectivity index (χ4n) is 2.24. The molecule has 0 heterocycles. The maximum Gasteiger partial charge on any atom is 0.228 e. The second-order valence-corrected chi connectivity index (χ2v) is 5.50. The molecule has 2 nitrogen and oxygen atoms in total. The van der Waals surface area contributed by atoms with Gasteiger partial charge >= 0.3 is 0 Å². The van der Waals surface area contributed by atoms with Crippen molar-refractivity contribution in [3.63, 3.8) is 0 Å². The first kappa shape index (κ1) is 14.6. The van der Waals surface area contributed by atoms with Gasteiger partial charge in [-0.1, -0.05) is 41.9 Å². The Balaban J connectivity index is 2.15. The van der Waals surface area contributed by atoms with Crippen LogP contribution in [0.4, 0.5) is 5.69 Å². The summed E-state index contributed by atoms with van der Waals surface area (Å²) >= 11 is 6.20. The molecule has 1 N–H and O–H groups in total. The van der Waals surface area contributed by atoms with E-state index in [0.717, 1.165) is 22.3 Å². The highest BCUT2D eigenvalue weighted by atomic mass is 35.5. The molecular weight excluding hydrogens is 270 g/mol. The van der Waals surface area contributed by atoms with Crippen molar-refractivity contribution in [3.8, 4) is 0 Å². The van der Waals surface area contributed by atoms with Crippen molar-refractivity contribution >= 4 is 23.2 Å². The number of hydrogen-bond acceptors (Lipinski definition) is 1. The minimum Gasteiger partial charge on any atom is -0.324 e. The molecule has 2 rings (SSSR count). The van der Waals surface area contributed by atoms with Gasteiger partial charge in [0.2, 0.25) is 5.91 Å². The van der Waals surface area contributed by atoms with E-state index in [4.69, 9.17) is 11.6 Å². The molecule has 0 saturated heterocycles. The highest BCUT2D eigenvalue weighted by Gasteiger charge is 2.10. The van der Waals surface area contributed by atoms with Gasteiger partial charge in [-0.2, -0.15) is 0 Å². The fourth-order valence-corrected chi connectivity index (χ4v) is 2.61. The van der Waals surface area contributed by atoms with Crippen molar-refractivity contribution in [3.05, 3.63) is 63.7 Å². The average molecular weight is 288 g/mol. The molecule has 104 valence electrons. The summed E-state index contributed by atoms with van der Waals surface area (Å²) in [5.41, 5.74) is 4.92. The number of aryl methyl sites for hydroxylation is 3. The highest BCUT2D eigenvalue weighted by Crippen LogP contribution is 2.27. The van der Waals surface area contributed by atoms with Crippen molar-refractivity contribution in [2.45, 2.75) is 27.2 Å². The Hall–Kier alpha value is -1.80. The quantitative estimate of drug-likeness (QED) is 0.888. The number of hydrogen-bond donors (Lipinski definition) is 1. The summed E-state index contributed by atoms with van der Waals surface area (Å²) < 4.78 is 0. The highest BCUT2D eigenvalue weighted by molar-refractivity contribution is 6.34. The van der Waals surface area contributed by atoms with E-state index in [-0.39, 0.29) is 5.91 Å². The number of carbonyl (C=O) groups is 1. The standard InChI is InChI=1S/C17H18ClNO/c1-11-8-13(3)17(15(18)9-11)19-16(20)10-14-7-5-4-6-12(14)2/h4-9H,10H2,1-3H3,(H,19,20). The first-order valence-electron chi connectivity index (χ1n) is 6.58.